The second-order valence-corrected chi connectivity index (χ2v) is 2.77. The Balaban J connectivity index is 2.16. The van der Waals surface area contributed by atoms with E-state index in [1.165, 1.54) is 0 Å². The summed E-state index contributed by atoms with van der Waals surface area (Å²) in [5.41, 5.74) is 1.90. The number of hydrogen-bond donors (Lipinski definition) is 0. The molecule has 0 N–H and O–H groups in total. The third-order valence-corrected chi connectivity index (χ3v) is 1.72. The van der Waals surface area contributed by atoms with Gasteiger partial charge in [0.1, 0.15) is 0 Å². The number of nitrogens with zero attached hydrogens (tertiary/aromatic N) is 3. The van der Waals surface area contributed by atoms with E-state index in [1.54, 1.807) is 18.6 Å². The lowest BCUT2D eigenvalue weighted by Crippen LogP contribution is -1.82. The smallest absolute Gasteiger partial charge is 0.0857 e. The summed E-state index contributed by atoms with van der Waals surface area (Å²) < 4.78 is 0. The van der Waals surface area contributed by atoms with E-state index in [2.05, 4.69) is 15.2 Å². The van der Waals surface area contributed by atoms with Crippen molar-refractivity contribution in [1.29, 1.82) is 0 Å². The second-order valence-electron chi connectivity index (χ2n) is 2.77. The van der Waals surface area contributed by atoms with Gasteiger partial charge in [0.2, 0.25) is 0 Å². The SMILES string of the molecule is C(=C\c1cccnn1)/c1cccnc1. The second kappa shape index (κ2) is 4.28. The number of hydrogen-bond acceptors (Lipinski definition) is 3. The van der Waals surface area contributed by atoms with Gasteiger partial charge in [-0.1, -0.05) is 12.1 Å². The largest absolute Gasteiger partial charge is 0.264 e. The summed E-state index contributed by atoms with van der Waals surface area (Å²) >= 11 is 0. The lowest BCUT2D eigenvalue weighted by atomic mass is 10.2. The zero-order valence-corrected chi connectivity index (χ0v) is 7.54. The first-order valence-electron chi connectivity index (χ1n) is 4.31. The molecule has 0 aliphatic heterocycles. The van der Waals surface area contributed by atoms with Gasteiger partial charge >= 0.3 is 0 Å². The van der Waals surface area contributed by atoms with Crippen LogP contribution in [0.5, 0.6) is 0 Å². The highest BCUT2D eigenvalue weighted by molar-refractivity contribution is 5.67. The van der Waals surface area contributed by atoms with Gasteiger partial charge in [0.15, 0.2) is 0 Å². The van der Waals surface area contributed by atoms with E-state index in [0.29, 0.717) is 0 Å². The van der Waals surface area contributed by atoms with E-state index in [4.69, 9.17) is 0 Å². The highest BCUT2D eigenvalue weighted by Gasteiger charge is 1.86. The molecule has 0 aliphatic rings. The van der Waals surface area contributed by atoms with Gasteiger partial charge in [-0.15, -0.1) is 0 Å². The summed E-state index contributed by atoms with van der Waals surface area (Å²) in [4.78, 5) is 4.01. The van der Waals surface area contributed by atoms with Crippen molar-refractivity contribution in [1.82, 2.24) is 15.2 Å². The van der Waals surface area contributed by atoms with Crippen LogP contribution in [0.1, 0.15) is 11.3 Å². The van der Waals surface area contributed by atoms with Crippen LogP contribution in [0.2, 0.25) is 0 Å². The molecule has 2 aromatic rings. The molecule has 0 saturated carbocycles. The van der Waals surface area contributed by atoms with Crippen LogP contribution in [0, 0.1) is 0 Å². The minimum atomic E-state index is 0.844. The fraction of sp³-hybridized carbons (Fsp3) is 0. The Morgan fingerprint density at radius 3 is 2.64 bits per heavy atom. The maximum atomic E-state index is 4.01. The van der Waals surface area contributed by atoms with Crippen molar-refractivity contribution < 1.29 is 0 Å². The fourth-order valence-electron chi connectivity index (χ4n) is 1.06. The Bertz CT molecular complexity index is 368. The minimum Gasteiger partial charge on any atom is -0.264 e. The zero-order chi connectivity index (χ0) is 9.64. The molecule has 3 heteroatoms. The molecule has 0 atom stereocenters. The molecule has 0 bridgehead atoms. The summed E-state index contributed by atoms with van der Waals surface area (Å²) in [5, 5.41) is 7.72. The molecule has 68 valence electrons. The van der Waals surface area contributed by atoms with Gasteiger partial charge in [-0.25, -0.2) is 0 Å². The van der Waals surface area contributed by atoms with Gasteiger partial charge in [0.05, 0.1) is 5.69 Å². The molecule has 0 aromatic carbocycles. The molecule has 0 radical (unpaired) electrons. The Morgan fingerprint density at radius 1 is 1.00 bits per heavy atom. The Kier molecular flexibility index (Phi) is 2.62. The van der Waals surface area contributed by atoms with Gasteiger partial charge in [-0.3, -0.25) is 4.98 Å². The lowest BCUT2D eigenvalue weighted by molar-refractivity contribution is 1.02. The van der Waals surface area contributed by atoms with Gasteiger partial charge in [0.25, 0.3) is 0 Å². The van der Waals surface area contributed by atoms with Crippen LogP contribution in [-0.2, 0) is 0 Å². The first-order chi connectivity index (χ1) is 6.95. The fourth-order valence-corrected chi connectivity index (χ4v) is 1.06. The number of aromatic nitrogens is 3. The molecule has 0 saturated heterocycles. The monoisotopic (exact) mass is 183 g/mol. The third-order valence-electron chi connectivity index (χ3n) is 1.72. The summed E-state index contributed by atoms with van der Waals surface area (Å²) in [6.07, 6.45) is 9.06. The standard InChI is InChI=1S/C11H9N3/c1-3-10(9-12-7-1)5-6-11-4-2-8-13-14-11/h1-9H/b6-5+. The molecule has 2 rings (SSSR count). The van der Waals surface area contributed by atoms with Crippen molar-refractivity contribution in [3.8, 4) is 0 Å². The molecular formula is C11H9N3. The van der Waals surface area contributed by atoms with Crippen LogP contribution in [-0.4, -0.2) is 15.2 Å². The predicted molar refractivity (Wildman–Crippen MR) is 55.2 cm³/mol. The Labute approximate surface area is 82.2 Å². The minimum absolute atomic E-state index is 0.844. The highest BCUT2D eigenvalue weighted by Crippen LogP contribution is 2.02. The molecule has 0 aliphatic carbocycles. The van der Waals surface area contributed by atoms with Crippen LogP contribution >= 0.6 is 0 Å². The number of pyridine rings is 1. The van der Waals surface area contributed by atoms with E-state index in [1.807, 2.05) is 36.4 Å². The van der Waals surface area contributed by atoms with Crippen molar-refractivity contribution in [2.75, 3.05) is 0 Å². The average molecular weight is 183 g/mol. The van der Waals surface area contributed by atoms with E-state index in [9.17, 15) is 0 Å². The summed E-state index contributed by atoms with van der Waals surface area (Å²) in [6.45, 7) is 0. The molecule has 0 spiro atoms. The third kappa shape index (κ3) is 2.23. The lowest BCUT2D eigenvalue weighted by Gasteiger charge is -1.90. The topological polar surface area (TPSA) is 38.7 Å². The van der Waals surface area contributed by atoms with Gasteiger partial charge in [0, 0.05) is 18.6 Å². The van der Waals surface area contributed by atoms with Gasteiger partial charge < -0.3 is 0 Å². The quantitative estimate of drug-likeness (QED) is 0.715. The predicted octanol–water partition coefficient (Wildman–Crippen LogP) is 2.04. The molecular weight excluding hydrogens is 174 g/mol. The van der Waals surface area contributed by atoms with Crippen molar-refractivity contribution >= 4 is 12.2 Å². The van der Waals surface area contributed by atoms with Gasteiger partial charge in [-0.05, 0) is 29.8 Å². The first kappa shape index (κ1) is 8.56. The van der Waals surface area contributed by atoms with E-state index in [0.717, 1.165) is 11.3 Å². The van der Waals surface area contributed by atoms with Crippen molar-refractivity contribution in [2.24, 2.45) is 0 Å². The van der Waals surface area contributed by atoms with E-state index in [-0.39, 0.29) is 0 Å². The summed E-state index contributed by atoms with van der Waals surface area (Å²) in [5.74, 6) is 0. The number of rotatable bonds is 2. The van der Waals surface area contributed by atoms with Gasteiger partial charge in [-0.2, -0.15) is 10.2 Å². The first-order valence-corrected chi connectivity index (χ1v) is 4.31. The molecule has 2 heterocycles. The van der Waals surface area contributed by atoms with E-state index >= 15 is 0 Å². The van der Waals surface area contributed by atoms with Crippen LogP contribution < -0.4 is 0 Å². The van der Waals surface area contributed by atoms with Crippen LogP contribution in [0.25, 0.3) is 12.2 Å². The zero-order valence-electron chi connectivity index (χ0n) is 7.54. The maximum absolute atomic E-state index is 4.01. The highest BCUT2D eigenvalue weighted by atomic mass is 15.1. The van der Waals surface area contributed by atoms with E-state index < -0.39 is 0 Å². The normalized spacial score (nSPS) is 10.6. The molecule has 14 heavy (non-hydrogen) atoms. The molecule has 0 unspecified atom stereocenters. The summed E-state index contributed by atoms with van der Waals surface area (Å²) in [6, 6.07) is 7.64. The Morgan fingerprint density at radius 2 is 1.93 bits per heavy atom. The van der Waals surface area contributed by atoms with Crippen molar-refractivity contribution in [2.45, 2.75) is 0 Å². The van der Waals surface area contributed by atoms with Crippen molar-refractivity contribution in [3.63, 3.8) is 0 Å². The molecule has 0 fully saturated rings. The molecule has 2 aromatic heterocycles. The van der Waals surface area contributed by atoms with Crippen molar-refractivity contribution in [3.05, 3.63) is 54.1 Å². The van der Waals surface area contributed by atoms with Crippen LogP contribution in [0.4, 0.5) is 0 Å². The van der Waals surface area contributed by atoms with Crippen LogP contribution in [0.15, 0.2) is 42.9 Å². The van der Waals surface area contributed by atoms with Crippen LogP contribution in [0.3, 0.4) is 0 Å². The molecule has 3 nitrogen and oxygen atoms in total. The maximum Gasteiger partial charge on any atom is 0.0857 e. The Hall–Kier alpha value is -2.03. The average Bonchev–Trinajstić information content (AvgIpc) is 2.29. The molecule has 0 amide bonds. The summed E-state index contributed by atoms with van der Waals surface area (Å²) in [7, 11) is 0.